The van der Waals surface area contributed by atoms with Crippen LogP contribution in [0.5, 0.6) is 0 Å². The zero-order valence-electron chi connectivity index (χ0n) is 12.0. The highest BCUT2D eigenvalue weighted by molar-refractivity contribution is 7.11. The molecule has 21 heavy (non-hydrogen) atoms. The lowest BCUT2D eigenvalue weighted by atomic mass is 10.4. The number of rotatable bonds is 6. The van der Waals surface area contributed by atoms with E-state index in [4.69, 9.17) is 0 Å². The smallest absolute Gasteiger partial charge is 0.226 e. The molecule has 8 heteroatoms. The van der Waals surface area contributed by atoms with Crippen LogP contribution in [0.1, 0.15) is 23.2 Å². The fourth-order valence-corrected chi connectivity index (χ4v) is 2.68. The van der Waals surface area contributed by atoms with Gasteiger partial charge in [-0.25, -0.2) is 4.98 Å². The van der Waals surface area contributed by atoms with Crippen LogP contribution in [0, 0.1) is 6.92 Å². The predicted molar refractivity (Wildman–Crippen MR) is 84.6 cm³/mol. The Hall–Kier alpha value is -2.22. The summed E-state index contributed by atoms with van der Waals surface area (Å²) in [4.78, 5) is 14.4. The molecule has 0 unspecified atom stereocenters. The van der Waals surface area contributed by atoms with Crippen molar-refractivity contribution < 1.29 is 0 Å². The minimum atomic E-state index is 0.608. The average molecular weight is 303 g/mol. The maximum Gasteiger partial charge on any atom is 0.226 e. The molecule has 0 spiro atoms. The van der Waals surface area contributed by atoms with Gasteiger partial charge in [-0.1, -0.05) is 6.92 Å². The SMILES string of the molecule is CCCNc1nc(NCc2cnc(C)s2)c2cn[nH]c2n1. The Kier molecular flexibility index (Phi) is 3.96. The number of hydrogen-bond donors (Lipinski definition) is 3. The highest BCUT2D eigenvalue weighted by atomic mass is 32.1. The minimum Gasteiger partial charge on any atom is -0.364 e. The van der Waals surface area contributed by atoms with Gasteiger partial charge in [-0.15, -0.1) is 11.3 Å². The molecule has 0 aliphatic rings. The van der Waals surface area contributed by atoms with Gasteiger partial charge in [0.2, 0.25) is 5.95 Å². The standard InChI is InChI=1S/C13H17N7S/c1-3-4-14-13-18-11(10-7-17-20-12(10)19-13)16-6-9-5-15-8(2)21-9/h5,7H,3-4,6H2,1-2H3,(H3,14,16,17,18,19,20). The number of anilines is 2. The number of thiazole rings is 1. The van der Waals surface area contributed by atoms with Crippen molar-refractivity contribution in [2.75, 3.05) is 17.2 Å². The van der Waals surface area contributed by atoms with Crippen molar-refractivity contribution in [3.63, 3.8) is 0 Å². The van der Waals surface area contributed by atoms with Gasteiger partial charge in [0.25, 0.3) is 0 Å². The molecule has 110 valence electrons. The van der Waals surface area contributed by atoms with E-state index < -0.39 is 0 Å². The Morgan fingerprint density at radius 1 is 1.24 bits per heavy atom. The first-order valence-corrected chi connectivity index (χ1v) is 7.68. The van der Waals surface area contributed by atoms with Crippen LogP contribution in [0.15, 0.2) is 12.4 Å². The number of aromatic amines is 1. The van der Waals surface area contributed by atoms with E-state index in [1.807, 2.05) is 13.1 Å². The highest BCUT2D eigenvalue weighted by Crippen LogP contribution is 2.21. The molecule has 0 aromatic carbocycles. The Morgan fingerprint density at radius 2 is 2.14 bits per heavy atom. The second-order valence-corrected chi connectivity index (χ2v) is 5.97. The molecule has 0 atom stereocenters. The van der Waals surface area contributed by atoms with Gasteiger partial charge >= 0.3 is 0 Å². The van der Waals surface area contributed by atoms with Crippen LogP contribution in [0.3, 0.4) is 0 Å². The van der Waals surface area contributed by atoms with Gasteiger partial charge in [0.05, 0.1) is 23.1 Å². The Balaban J connectivity index is 1.83. The molecule has 3 N–H and O–H groups in total. The van der Waals surface area contributed by atoms with Crippen molar-refractivity contribution in [1.29, 1.82) is 0 Å². The molecular formula is C13H17N7S. The largest absolute Gasteiger partial charge is 0.364 e. The average Bonchev–Trinajstić information content (AvgIpc) is 3.11. The maximum absolute atomic E-state index is 4.52. The molecule has 0 saturated carbocycles. The number of aromatic nitrogens is 5. The molecule has 3 heterocycles. The predicted octanol–water partition coefficient (Wildman–Crippen LogP) is 2.55. The fourth-order valence-electron chi connectivity index (χ4n) is 1.94. The van der Waals surface area contributed by atoms with E-state index >= 15 is 0 Å². The summed E-state index contributed by atoms with van der Waals surface area (Å²) < 4.78 is 0. The Labute approximate surface area is 126 Å². The third-order valence-electron chi connectivity index (χ3n) is 2.94. The quantitative estimate of drug-likeness (QED) is 0.648. The van der Waals surface area contributed by atoms with E-state index in [0.29, 0.717) is 12.5 Å². The summed E-state index contributed by atoms with van der Waals surface area (Å²) in [6.45, 7) is 5.63. The summed E-state index contributed by atoms with van der Waals surface area (Å²) in [7, 11) is 0. The van der Waals surface area contributed by atoms with Crippen LogP contribution in [0.2, 0.25) is 0 Å². The van der Waals surface area contributed by atoms with Gasteiger partial charge in [0, 0.05) is 17.6 Å². The van der Waals surface area contributed by atoms with E-state index in [-0.39, 0.29) is 0 Å². The molecule has 0 bridgehead atoms. The van der Waals surface area contributed by atoms with Crippen LogP contribution in [-0.4, -0.2) is 31.7 Å². The summed E-state index contributed by atoms with van der Waals surface area (Å²) in [5.41, 5.74) is 0.728. The van der Waals surface area contributed by atoms with Crippen LogP contribution in [0.25, 0.3) is 11.0 Å². The molecule has 3 aromatic rings. The lowest BCUT2D eigenvalue weighted by Gasteiger charge is -2.08. The van der Waals surface area contributed by atoms with Gasteiger partial charge in [0.15, 0.2) is 5.65 Å². The zero-order chi connectivity index (χ0) is 14.7. The number of H-pyrrole nitrogens is 1. The Morgan fingerprint density at radius 3 is 2.90 bits per heavy atom. The van der Waals surface area contributed by atoms with Gasteiger partial charge in [-0.2, -0.15) is 15.1 Å². The second kappa shape index (κ2) is 6.04. The van der Waals surface area contributed by atoms with Crippen molar-refractivity contribution in [2.24, 2.45) is 0 Å². The third-order valence-corrected chi connectivity index (χ3v) is 3.85. The molecular weight excluding hydrogens is 286 g/mol. The molecule has 0 aliphatic heterocycles. The first-order chi connectivity index (χ1) is 10.3. The maximum atomic E-state index is 4.52. The molecule has 0 fully saturated rings. The van der Waals surface area contributed by atoms with Crippen molar-refractivity contribution in [2.45, 2.75) is 26.8 Å². The lowest BCUT2D eigenvalue weighted by Crippen LogP contribution is -2.07. The molecule has 0 saturated heterocycles. The third kappa shape index (κ3) is 3.10. The van der Waals surface area contributed by atoms with Crippen LogP contribution in [0.4, 0.5) is 11.8 Å². The highest BCUT2D eigenvalue weighted by Gasteiger charge is 2.09. The molecule has 3 rings (SSSR count). The number of nitrogens with zero attached hydrogens (tertiary/aromatic N) is 4. The number of aryl methyl sites for hydroxylation is 1. The second-order valence-electron chi connectivity index (χ2n) is 4.65. The van der Waals surface area contributed by atoms with E-state index in [1.54, 1.807) is 17.5 Å². The van der Waals surface area contributed by atoms with Crippen molar-refractivity contribution in [1.82, 2.24) is 25.1 Å². The van der Waals surface area contributed by atoms with Crippen LogP contribution >= 0.6 is 11.3 Å². The zero-order valence-corrected chi connectivity index (χ0v) is 12.8. The van der Waals surface area contributed by atoms with Crippen molar-refractivity contribution in [3.8, 4) is 0 Å². The monoisotopic (exact) mass is 303 g/mol. The normalized spacial score (nSPS) is 11.0. The molecule has 0 radical (unpaired) electrons. The summed E-state index contributed by atoms with van der Waals surface area (Å²) in [6, 6.07) is 0. The first-order valence-electron chi connectivity index (χ1n) is 6.86. The van der Waals surface area contributed by atoms with Crippen molar-refractivity contribution in [3.05, 3.63) is 22.3 Å². The van der Waals surface area contributed by atoms with E-state index in [0.717, 1.165) is 34.8 Å². The topological polar surface area (TPSA) is 91.4 Å². The molecule has 0 aliphatic carbocycles. The first kappa shape index (κ1) is 13.7. The minimum absolute atomic E-state index is 0.608. The van der Waals surface area contributed by atoms with E-state index in [2.05, 4.69) is 42.7 Å². The van der Waals surface area contributed by atoms with E-state index in [1.165, 1.54) is 4.88 Å². The molecule has 3 aromatic heterocycles. The Bertz CT molecular complexity index is 733. The molecule has 0 amide bonds. The van der Waals surface area contributed by atoms with Crippen molar-refractivity contribution >= 4 is 34.1 Å². The number of hydrogen-bond acceptors (Lipinski definition) is 7. The summed E-state index contributed by atoms with van der Waals surface area (Å²) in [5, 5.41) is 15.4. The van der Waals surface area contributed by atoms with Gasteiger partial charge in [-0.3, -0.25) is 5.10 Å². The number of fused-ring (bicyclic) bond motifs is 1. The summed E-state index contributed by atoms with van der Waals surface area (Å²) in [5.74, 6) is 1.38. The van der Waals surface area contributed by atoms with Crippen LogP contribution in [-0.2, 0) is 6.54 Å². The van der Waals surface area contributed by atoms with E-state index in [9.17, 15) is 0 Å². The summed E-state index contributed by atoms with van der Waals surface area (Å²) >= 11 is 1.68. The fraction of sp³-hybridized carbons (Fsp3) is 0.385. The van der Waals surface area contributed by atoms with Crippen LogP contribution < -0.4 is 10.6 Å². The van der Waals surface area contributed by atoms with Gasteiger partial charge in [-0.05, 0) is 13.3 Å². The van der Waals surface area contributed by atoms with Gasteiger partial charge < -0.3 is 10.6 Å². The van der Waals surface area contributed by atoms with Gasteiger partial charge in [0.1, 0.15) is 5.82 Å². The molecule has 7 nitrogen and oxygen atoms in total. The number of nitrogens with one attached hydrogen (secondary N) is 3. The summed E-state index contributed by atoms with van der Waals surface area (Å²) in [6.07, 6.45) is 4.64. The lowest BCUT2D eigenvalue weighted by molar-refractivity contribution is 0.953.